The minimum absolute atomic E-state index is 0.260. The van der Waals surface area contributed by atoms with Crippen molar-refractivity contribution in [3.8, 4) is 0 Å². The standard InChI is InChI=1S/C9H16O/c1-5-8(6-2)9(3,4)7-10/h5,7H,6H2,1-4H3. The zero-order chi connectivity index (χ0) is 8.20. The normalized spacial score (nSPS) is 13.4. The summed E-state index contributed by atoms with van der Waals surface area (Å²) in [5.74, 6) is 0. The molecule has 10 heavy (non-hydrogen) atoms. The molecule has 0 spiro atoms. The van der Waals surface area contributed by atoms with Crippen LogP contribution in [0.25, 0.3) is 0 Å². The molecule has 0 N–H and O–H groups in total. The molecule has 0 aliphatic heterocycles. The highest BCUT2D eigenvalue weighted by Gasteiger charge is 2.19. The number of carbonyl (C=O) groups excluding carboxylic acids is 1. The molecule has 58 valence electrons. The van der Waals surface area contributed by atoms with Crippen LogP contribution in [-0.4, -0.2) is 6.29 Å². The van der Waals surface area contributed by atoms with Crippen LogP contribution in [0.1, 0.15) is 34.1 Å². The molecule has 0 saturated heterocycles. The van der Waals surface area contributed by atoms with Gasteiger partial charge in [0.1, 0.15) is 6.29 Å². The van der Waals surface area contributed by atoms with Crippen LogP contribution in [0.5, 0.6) is 0 Å². The van der Waals surface area contributed by atoms with Gasteiger partial charge in [0.2, 0.25) is 0 Å². The number of carbonyl (C=O) groups is 1. The molecule has 0 bridgehead atoms. The molecular weight excluding hydrogens is 124 g/mol. The predicted molar refractivity (Wildman–Crippen MR) is 43.9 cm³/mol. The molecule has 0 aromatic rings. The Hall–Kier alpha value is -0.590. The molecule has 0 fully saturated rings. The third-order valence-corrected chi connectivity index (χ3v) is 1.85. The van der Waals surface area contributed by atoms with Crippen molar-refractivity contribution in [1.82, 2.24) is 0 Å². The summed E-state index contributed by atoms with van der Waals surface area (Å²) in [7, 11) is 0. The first-order valence-corrected chi connectivity index (χ1v) is 3.70. The molecule has 0 aliphatic rings. The van der Waals surface area contributed by atoms with E-state index in [4.69, 9.17) is 0 Å². The van der Waals surface area contributed by atoms with Crippen molar-refractivity contribution in [3.05, 3.63) is 11.6 Å². The largest absolute Gasteiger partial charge is 0.302 e. The van der Waals surface area contributed by atoms with Crippen LogP contribution in [-0.2, 0) is 4.79 Å². The Labute approximate surface area is 63.1 Å². The Kier molecular flexibility index (Phi) is 3.34. The summed E-state index contributed by atoms with van der Waals surface area (Å²) in [6, 6.07) is 0. The number of hydrogen-bond donors (Lipinski definition) is 0. The third kappa shape index (κ3) is 1.98. The number of allylic oxidation sites excluding steroid dienone is 2. The van der Waals surface area contributed by atoms with E-state index in [9.17, 15) is 4.79 Å². The highest BCUT2D eigenvalue weighted by atomic mass is 16.1. The van der Waals surface area contributed by atoms with Crippen LogP contribution in [0, 0.1) is 5.41 Å². The lowest BCUT2D eigenvalue weighted by Gasteiger charge is -2.19. The second-order valence-electron chi connectivity index (χ2n) is 3.01. The summed E-state index contributed by atoms with van der Waals surface area (Å²) in [5, 5.41) is 0. The molecule has 0 heterocycles. The summed E-state index contributed by atoms with van der Waals surface area (Å²) in [6.45, 7) is 7.93. The summed E-state index contributed by atoms with van der Waals surface area (Å²) < 4.78 is 0. The van der Waals surface area contributed by atoms with Gasteiger partial charge >= 0.3 is 0 Å². The average molecular weight is 140 g/mol. The third-order valence-electron chi connectivity index (χ3n) is 1.85. The second kappa shape index (κ2) is 3.55. The summed E-state index contributed by atoms with van der Waals surface area (Å²) in [5.41, 5.74) is 0.950. The van der Waals surface area contributed by atoms with Gasteiger partial charge in [-0.3, -0.25) is 0 Å². The maximum absolute atomic E-state index is 10.5. The highest BCUT2D eigenvalue weighted by Crippen LogP contribution is 2.25. The fourth-order valence-electron chi connectivity index (χ4n) is 1.11. The van der Waals surface area contributed by atoms with Gasteiger partial charge in [0.25, 0.3) is 0 Å². The van der Waals surface area contributed by atoms with Crippen molar-refractivity contribution in [2.45, 2.75) is 34.1 Å². The van der Waals surface area contributed by atoms with Crippen molar-refractivity contribution in [3.63, 3.8) is 0 Å². The van der Waals surface area contributed by atoms with Crippen molar-refractivity contribution >= 4 is 6.29 Å². The van der Waals surface area contributed by atoms with Crippen LogP contribution in [0.4, 0.5) is 0 Å². The van der Waals surface area contributed by atoms with Gasteiger partial charge in [-0.2, -0.15) is 0 Å². The second-order valence-corrected chi connectivity index (χ2v) is 3.01. The molecule has 1 heteroatoms. The Morgan fingerprint density at radius 1 is 1.50 bits per heavy atom. The van der Waals surface area contributed by atoms with Gasteiger partial charge in [0.05, 0.1) is 0 Å². The molecular formula is C9H16O. The van der Waals surface area contributed by atoms with E-state index in [-0.39, 0.29) is 5.41 Å². The zero-order valence-electron chi connectivity index (χ0n) is 7.27. The van der Waals surface area contributed by atoms with E-state index >= 15 is 0 Å². The van der Waals surface area contributed by atoms with Gasteiger partial charge in [0.15, 0.2) is 0 Å². The van der Waals surface area contributed by atoms with E-state index in [0.29, 0.717) is 0 Å². The van der Waals surface area contributed by atoms with Crippen LogP contribution in [0.2, 0.25) is 0 Å². The molecule has 0 radical (unpaired) electrons. The van der Waals surface area contributed by atoms with Crippen molar-refractivity contribution < 1.29 is 4.79 Å². The van der Waals surface area contributed by atoms with Crippen LogP contribution >= 0.6 is 0 Å². The van der Waals surface area contributed by atoms with Gasteiger partial charge < -0.3 is 4.79 Å². The summed E-state index contributed by atoms with van der Waals surface area (Å²) in [4.78, 5) is 10.5. The highest BCUT2D eigenvalue weighted by molar-refractivity contribution is 5.63. The fourth-order valence-corrected chi connectivity index (χ4v) is 1.11. The topological polar surface area (TPSA) is 17.1 Å². The zero-order valence-corrected chi connectivity index (χ0v) is 7.27. The van der Waals surface area contributed by atoms with E-state index in [1.54, 1.807) is 0 Å². The monoisotopic (exact) mass is 140 g/mol. The van der Waals surface area contributed by atoms with Crippen molar-refractivity contribution in [2.75, 3.05) is 0 Å². The first-order valence-electron chi connectivity index (χ1n) is 3.70. The maximum atomic E-state index is 10.5. The number of aldehydes is 1. The maximum Gasteiger partial charge on any atom is 0.129 e. The Bertz CT molecular complexity index is 143. The first-order chi connectivity index (χ1) is 4.58. The molecule has 0 aromatic carbocycles. The van der Waals surface area contributed by atoms with E-state index in [2.05, 4.69) is 6.92 Å². The molecule has 0 amide bonds. The van der Waals surface area contributed by atoms with Gasteiger partial charge in [-0.25, -0.2) is 0 Å². The predicted octanol–water partition coefficient (Wildman–Crippen LogP) is 2.57. The van der Waals surface area contributed by atoms with Crippen LogP contribution < -0.4 is 0 Å². The Morgan fingerprint density at radius 3 is 2.10 bits per heavy atom. The summed E-state index contributed by atoms with van der Waals surface area (Å²) >= 11 is 0. The fraction of sp³-hybridized carbons (Fsp3) is 0.667. The molecule has 0 unspecified atom stereocenters. The minimum Gasteiger partial charge on any atom is -0.302 e. The van der Waals surface area contributed by atoms with E-state index in [1.165, 1.54) is 5.57 Å². The van der Waals surface area contributed by atoms with Crippen LogP contribution in [0.3, 0.4) is 0 Å². The van der Waals surface area contributed by atoms with Gasteiger partial charge in [-0.1, -0.05) is 18.6 Å². The molecule has 1 nitrogen and oxygen atoms in total. The average Bonchev–Trinajstić information content (AvgIpc) is 1.90. The summed E-state index contributed by atoms with van der Waals surface area (Å²) in [6.07, 6.45) is 3.99. The van der Waals surface area contributed by atoms with Crippen molar-refractivity contribution in [1.29, 1.82) is 0 Å². The van der Waals surface area contributed by atoms with E-state index in [1.807, 2.05) is 26.8 Å². The Morgan fingerprint density at radius 2 is 2.00 bits per heavy atom. The molecule has 0 aromatic heterocycles. The lowest BCUT2D eigenvalue weighted by molar-refractivity contribution is -0.113. The minimum atomic E-state index is -0.260. The van der Waals surface area contributed by atoms with Gasteiger partial charge in [0, 0.05) is 5.41 Å². The van der Waals surface area contributed by atoms with Gasteiger partial charge in [-0.05, 0) is 27.2 Å². The molecule has 0 atom stereocenters. The number of rotatable bonds is 3. The van der Waals surface area contributed by atoms with Crippen molar-refractivity contribution in [2.24, 2.45) is 5.41 Å². The SMILES string of the molecule is CC=C(CC)C(C)(C)C=O. The Balaban J connectivity index is 4.43. The first kappa shape index (κ1) is 9.41. The van der Waals surface area contributed by atoms with E-state index < -0.39 is 0 Å². The quantitative estimate of drug-likeness (QED) is 0.435. The number of hydrogen-bond acceptors (Lipinski definition) is 1. The molecule has 0 rings (SSSR count). The molecule has 0 aliphatic carbocycles. The van der Waals surface area contributed by atoms with E-state index in [0.717, 1.165) is 12.7 Å². The smallest absolute Gasteiger partial charge is 0.129 e. The molecule has 0 saturated carbocycles. The van der Waals surface area contributed by atoms with Gasteiger partial charge in [-0.15, -0.1) is 0 Å². The van der Waals surface area contributed by atoms with Crippen LogP contribution in [0.15, 0.2) is 11.6 Å². The lowest BCUT2D eigenvalue weighted by Crippen LogP contribution is -2.15. The lowest BCUT2D eigenvalue weighted by atomic mass is 9.84.